The Morgan fingerprint density at radius 3 is 2.45 bits per heavy atom. The van der Waals surface area contributed by atoms with Gasteiger partial charge in [0.15, 0.2) is 0 Å². The molecular weight excluding hydrogens is 509 g/mol. The molecule has 0 aliphatic carbocycles. The van der Waals surface area contributed by atoms with Crippen LogP contribution in [0.3, 0.4) is 0 Å². The van der Waals surface area contributed by atoms with Gasteiger partial charge in [0.1, 0.15) is 23.8 Å². The van der Waals surface area contributed by atoms with E-state index in [9.17, 15) is 18.8 Å². The number of nitrogens with one attached hydrogen (secondary N) is 1. The predicted octanol–water partition coefficient (Wildman–Crippen LogP) is 2.57. The molecule has 2 saturated heterocycles. The van der Waals surface area contributed by atoms with Crippen LogP contribution in [0.15, 0.2) is 48.5 Å². The van der Waals surface area contributed by atoms with E-state index < -0.39 is 12.2 Å². The van der Waals surface area contributed by atoms with Crippen LogP contribution in [-0.2, 0) is 22.6 Å². The zero-order valence-electron chi connectivity index (χ0n) is 21.9. The van der Waals surface area contributed by atoms with Crippen LogP contribution in [-0.4, -0.2) is 95.7 Å². The normalized spacial score (nSPS) is 19.9. The number of methoxy groups -OCH3 is 1. The molecule has 204 valence electrons. The smallest absolute Gasteiger partial charge is 0.334 e. The Morgan fingerprint density at radius 2 is 1.79 bits per heavy atom. The van der Waals surface area contributed by atoms with Crippen molar-refractivity contribution in [3.63, 3.8) is 0 Å². The van der Waals surface area contributed by atoms with Crippen molar-refractivity contribution in [2.75, 3.05) is 45.8 Å². The van der Waals surface area contributed by atoms with Gasteiger partial charge in [0.25, 0.3) is 0 Å². The van der Waals surface area contributed by atoms with Gasteiger partial charge in [-0.3, -0.25) is 9.59 Å². The molecule has 11 heteroatoms. The monoisotopic (exact) mass is 543 g/mol. The second-order valence-electron chi connectivity index (χ2n) is 9.41. The molecular formula is C27H34FN5O4S. The first-order valence-electron chi connectivity index (χ1n) is 12.6. The highest BCUT2D eigenvalue weighted by atomic mass is 32.2. The number of ether oxygens (including phenoxy) is 1. The van der Waals surface area contributed by atoms with Crippen LogP contribution in [0.5, 0.6) is 5.75 Å². The number of hydrazine groups is 1. The maximum atomic E-state index is 13.5. The molecule has 2 fully saturated rings. The lowest BCUT2D eigenvalue weighted by molar-refractivity contribution is -0.187. The molecule has 4 rings (SSSR count). The molecule has 1 N–H and O–H groups in total. The Balaban J connectivity index is 1.53. The quantitative estimate of drug-likeness (QED) is 0.524. The van der Waals surface area contributed by atoms with E-state index in [1.807, 2.05) is 30.5 Å². The van der Waals surface area contributed by atoms with Gasteiger partial charge in [0.2, 0.25) is 11.8 Å². The third-order valence-corrected chi connectivity index (χ3v) is 7.57. The third-order valence-electron chi connectivity index (χ3n) is 6.93. The lowest BCUT2D eigenvalue weighted by Crippen LogP contribution is -2.76. The van der Waals surface area contributed by atoms with E-state index in [4.69, 9.17) is 4.74 Å². The van der Waals surface area contributed by atoms with Gasteiger partial charge in [-0.25, -0.2) is 19.2 Å². The molecule has 0 unspecified atom stereocenters. The Labute approximate surface area is 226 Å². The fourth-order valence-corrected chi connectivity index (χ4v) is 5.39. The SMILES string of the molecule is COc1ccc(CNC(=O)N2[C@H]3CN(CCc4ccc(F)cc4)C(=O)[C@H](CCSC)N3C(=O)CN2C)cc1. The van der Waals surface area contributed by atoms with Crippen molar-refractivity contribution in [3.05, 3.63) is 65.5 Å². The maximum absolute atomic E-state index is 13.5. The number of carbonyl (C=O) groups is 3. The van der Waals surface area contributed by atoms with E-state index in [1.165, 1.54) is 12.1 Å². The summed E-state index contributed by atoms with van der Waals surface area (Å²) >= 11 is 1.61. The van der Waals surface area contributed by atoms with Crippen molar-refractivity contribution in [1.82, 2.24) is 25.1 Å². The summed E-state index contributed by atoms with van der Waals surface area (Å²) in [6.07, 6.45) is 2.37. The zero-order chi connectivity index (χ0) is 27.2. The molecule has 0 radical (unpaired) electrons. The van der Waals surface area contributed by atoms with Crippen molar-refractivity contribution < 1.29 is 23.5 Å². The highest BCUT2D eigenvalue weighted by Gasteiger charge is 2.50. The molecule has 2 aromatic rings. The second kappa shape index (κ2) is 12.5. The van der Waals surface area contributed by atoms with Crippen LogP contribution < -0.4 is 10.1 Å². The summed E-state index contributed by atoms with van der Waals surface area (Å²) in [5.74, 6) is 0.839. The molecule has 2 atom stereocenters. The number of carbonyl (C=O) groups excluding carboxylic acids is 3. The molecule has 2 heterocycles. The van der Waals surface area contributed by atoms with Gasteiger partial charge in [-0.15, -0.1) is 0 Å². The Kier molecular flexibility index (Phi) is 9.11. The number of halogens is 1. The summed E-state index contributed by atoms with van der Waals surface area (Å²) in [7, 11) is 3.30. The Bertz CT molecular complexity index is 1130. The fourth-order valence-electron chi connectivity index (χ4n) is 4.93. The van der Waals surface area contributed by atoms with Crippen molar-refractivity contribution in [1.29, 1.82) is 0 Å². The van der Waals surface area contributed by atoms with E-state index >= 15 is 0 Å². The number of fused-ring (bicyclic) bond motifs is 1. The molecule has 2 aliphatic rings. The Hall–Kier alpha value is -3.31. The van der Waals surface area contributed by atoms with Crippen LogP contribution in [0.1, 0.15) is 17.5 Å². The molecule has 4 amide bonds. The summed E-state index contributed by atoms with van der Waals surface area (Å²) < 4.78 is 18.5. The topological polar surface area (TPSA) is 85.4 Å². The molecule has 0 spiro atoms. The first-order valence-corrected chi connectivity index (χ1v) is 14.0. The van der Waals surface area contributed by atoms with Crippen molar-refractivity contribution in [2.45, 2.75) is 31.6 Å². The summed E-state index contributed by atoms with van der Waals surface area (Å²) in [5.41, 5.74) is 1.82. The number of urea groups is 1. The lowest BCUT2D eigenvalue weighted by atomic mass is 10.0. The van der Waals surface area contributed by atoms with Gasteiger partial charge in [-0.05, 0) is 60.2 Å². The largest absolute Gasteiger partial charge is 0.497 e. The fraction of sp³-hybridized carbons (Fsp3) is 0.444. The number of nitrogens with zero attached hydrogens (tertiary/aromatic N) is 4. The van der Waals surface area contributed by atoms with Gasteiger partial charge in [-0.1, -0.05) is 24.3 Å². The van der Waals surface area contributed by atoms with Gasteiger partial charge in [-0.2, -0.15) is 11.8 Å². The van der Waals surface area contributed by atoms with E-state index in [2.05, 4.69) is 5.32 Å². The molecule has 2 aromatic carbocycles. The lowest BCUT2D eigenvalue weighted by Gasteiger charge is -2.54. The van der Waals surface area contributed by atoms with Crippen molar-refractivity contribution in [3.8, 4) is 5.75 Å². The Morgan fingerprint density at radius 1 is 1.11 bits per heavy atom. The van der Waals surface area contributed by atoms with Crippen molar-refractivity contribution in [2.24, 2.45) is 0 Å². The van der Waals surface area contributed by atoms with E-state index in [1.54, 1.807) is 57.9 Å². The second-order valence-corrected chi connectivity index (χ2v) is 10.4. The highest BCUT2D eigenvalue weighted by Crippen LogP contribution is 2.28. The minimum absolute atomic E-state index is 0.00504. The molecule has 0 aromatic heterocycles. The number of benzene rings is 2. The third kappa shape index (κ3) is 6.21. The predicted molar refractivity (Wildman–Crippen MR) is 144 cm³/mol. The van der Waals surface area contributed by atoms with Crippen LogP contribution >= 0.6 is 11.8 Å². The van der Waals surface area contributed by atoms with Crippen LogP contribution in [0.25, 0.3) is 0 Å². The minimum atomic E-state index is -0.646. The number of likely N-dealkylation sites (N-methyl/N-ethyl adjacent to an activating group) is 1. The number of thioether (sulfide) groups is 1. The summed E-state index contributed by atoms with van der Waals surface area (Å²) in [6, 6.07) is 12.6. The highest BCUT2D eigenvalue weighted by molar-refractivity contribution is 7.98. The van der Waals surface area contributed by atoms with Gasteiger partial charge in [0.05, 0.1) is 20.2 Å². The number of hydrogen-bond donors (Lipinski definition) is 1. The van der Waals surface area contributed by atoms with Gasteiger partial charge in [0, 0.05) is 20.1 Å². The molecule has 0 bridgehead atoms. The summed E-state index contributed by atoms with van der Waals surface area (Å²) in [6.45, 7) is 0.910. The first-order chi connectivity index (χ1) is 18.3. The number of hydrogen-bond acceptors (Lipinski definition) is 6. The average Bonchev–Trinajstić information content (AvgIpc) is 2.91. The average molecular weight is 544 g/mol. The molecule has 9 nitrogen and oxygen atoms in total. The summed E-state index contributed by atoms with van der Waals surface area (Å²) in [5, 5.41) is 6.12. The standard InChI is InChI=1S/C27H34FN5O4S/c1-30-18-25(34)32-23(13-15-38-3)26(35)31(14-12-19-4-8-21(28)9-5-19)17-24(32)33(30)27(36)29-16-20-6-10-22(37-2)11-7-20/h4-11,23-24H,12-18H2,1-3H3,(H,29,36)/t23-,24-/m0/s1. The van der Waals surface area contributed by atoms with E-state index in [-0.39, 0.29) is 36.8 Å². The first kappa shape index (κ1) is 27.7. The van der Waals surface area contributed by atoms with Gasteiger partial charge < -0.3 is 19.9 Å². The minimum Gasteiger partial charge on any atom is -0.497 e. The number of rotatable bonds is 9. The molecule has 38 heavy (non-hydrogen) atoms. The van der Waals surface area contributed by atoms with E-state index in [0.29, 0.717) is 31.7 Å². The van der Waals surface area contributed by atoms with Crippen molar-refractivity contribution >= 4 is 29.6 Å². The van der Waals surface area contributed by atoms with E-state index in [0.717, 1.165) is 16.9 Å². The zero-order valence-corrected chi connectivity index (χ0v) is 22.7. The van der Waals surface area contributed by atoms with Crippen LogP contribution in [0.4, 0.5) is 9.18 Å². The van der Waals surface area contributed by atoms with Crippen LogP contribution in [0.2, 0.25) is 0 Å². The van der Waals surface area contributed by atoms with Crippen LogP contribution in [0, 0.1) is 5.82 Å². The molecule has 2 aliphatic heterocycles. The molecule has 0 saturated carbocycles. The van der Waals surface area contributed by atoms with Gasteiger partial charge >= 0.3 is 6.03 Å². The summed E-state index contributed by atoms with van der Waals surface area (Å²) in [4.78, 5) is 43.5. The maximum Gasteiger partial charge on any atom is 0.334 e. The number of piperazine rings is 1. The number of amides is 4.